The molecule has 0 spiro atoms. The van der Waals surface area contributed by atoms with E-state index in [2.05, 4.69) is 15.3 Å². The maximum atomic E-state index is 5.62. The van der Waals surface area contributed by atoms with Crippen LogP contribution in [0, 0.1) is 13.8 Å². The van der Waals surface area contributed by atoms with Gasteiger partial charge in [-0.1, -0.05) is 5.21 Å². The van der Waals surface area contributed by atoms with Crippen LogP contribution < -0.4 is 0 Å². The lowest BCUT2D eigenvalue weighted by Gasteiger charge is -1.93. The van der Waals surface area contributed by atoms with Crippen LogP contribution in [-0.4, -0.2) is 20.0 Å². The molecule has 5 nitrogen and oxygen atoms in total. The van der Waals surface area contributed by atoms with Crippen molar-refractivity contribution in [2.75, 3.05) is 0 Å². The molecule has 0 aliphatic heterocycles. The zero-order valence-electron chi connectivity index (χ0n) is 8.57. The quantitative estimate of drug-likeness (QED) is 0.747. The van der Waals surface area contributed by atoms with Gasteiger partial charge in [-0.15, -0.1) is 16.7 Å². The third kappa shape index (κ3) is 2.18. The van der Waals surface area contributed by atoms with Crippen molar-refractivity contribution in [3.8, 4) is 0 Å². The molecule has 6 heteroatoms. The van der Waals surface area contributed by atoms with Gasteiger partial charge in [0.15, 0.2) is 0 Å². The van der Waals surface area contributed by atoms with Crippen molar-refractivity contribution >= 4 is 11.6 Å². The van der Waals surface area contributed by atoms with Crippen LogP contribution in [0.3, 0.4) is 0 Å². The molecule has 0 aliphatic rings. The van der Waals surface area contributed by atoms with E-state index in [1.807, 2.05) is 13.8 Å². The smallest absolute Gasteiger partial charge is 0.216 e. The summed E-state index contributed by atoms with van der Waals surface area (Å²) in [5.41, 5.74) is 1.65. The standard InChI is InChI=1S/C9H11ClN4O/c1-6-7(2)15-9(11-6)5-14-4-8(3-10)12-13-14/h4H,3,5H2,1-2H3. The van der Waals surface area contributed by atoms with Crippen LogP contribution in [0.5, 0.6) is 0 Å². The molecule has 0 atom stereocenters. The second-order valence-electron chi connectivity index (χ2n) is 3.29. The van der Waals surface area contributed by atoms with Crippen molar-refractivity contribution in [1.29, 1.82) is 0 Å². The molecule has 15 heavy (non-hydrogen) atoms. The summed E-state index contributed by atoms with van der Waals surface area (Å²) < 4.78 is 7.08. The van der Waals surface area contributed by atoms with Crippen molar-refractivity contribution in [3.05, 3.63) is 29.2 Å². The average Bonchev–Trinajstić information content (AvgIpc) is 2.76. The molecule has 0 aromatic carbocycles. The lowest BCUT2D eigenvalue weighted by atomic mass is 10.4. The van der Waals surface area contributed by atoms with Gasteiger partial charge in [-0.2, -0.15) is 0 Å². The van der Waals surface area contributed by atoms with Gasteiger partial charge in [0.2, 0.25) is 5.89 Å². The van der Waals surface area contributed by atoms with Crippen LogP contribution in [0.25, 0.3) is 0 Å². The van der Waals surface area contributed by atoms with Gasteiger partial charge in [0.1, 0.15) is 12.3 Å². The minimum Gasteiger partial charge on any atom is -0.444 e. The van der Waals surface area contributed by atoms with Gasteiger partial charge in [0.25, 0.3) is 0 Å². The highest BCUT2D eigenvalue weighted by molar-refractivity contribution is 6.16. The Morgan fingerprint density at radius 1 is 1.47 bits per heavy atom. The van der Waals surface area contributed by atoms with Gasteiger partial charge < -0.3 is 4.42 Å². The van der Waals surface area contributed by atoms with Crippen LogP contribution in [-0.2, 0) is 12.4 Å². The third-order valence-electron chi connectivity index (χ3n) is 2.09. The number of rotatable bonds is 3. The number of nitrogens with zero attached hydrogens (tertiary/aromatic N) is 4. The fourth-order valence-electron chi connectivity index (χ4n) is 1.22. The number of aryl methyl sites for hydroxylation is 2. The van der Waals surface area contributed by atoms with E-state index < -0.39 is 0 Å². The highest BCUT2D eigenvalue weighted by atomic mass is 35.5. The topological polar surface area (TPSA) is 56.7 Å². The molecule has 2 rings (SSSR count). The van der Waals surface area contributed by atoms with Crippen molar-refractivity contribution < 1.29 is 4.42 Å². The number of halogens is 1. The molecule has 2 aromatic rings. The largest absolute Gasteiger partial charge is 0.444 e. The number of aromatic nitrogens is 4. The minimum absolute atomic E-state index is 0.365. The van der Waals surface area contributed by atoms with Crippen LogP contribution in [0.2, 0.25) is 0 Å². The first-order valence-electron chi connectivity index (χ1n) is 4.57. The highest BCUT2D eigenvalue weighted by Crippen LogP contribution is 2.09. The monoisotopic (exact) mass is 226 g/mol. The first kappa shape index (κ1) is 10.2. The zero-order chi connectivity index (χ0) is 10.8. The Bertz CT molecular complexity index is 443. The first-order valence-corrected chi connectivity index (χ1v) is 5.10. The van der Waals surface area contributed by atoms with Gasteiger partial charge in [-0.25, -0.2) is 9.67 Å². The van der Waals surface area contributed by atoms with E-state index in [1.165, 1.54) is 0 Å². The number of hydrogen-bond donors (Lipinski definition) is 0. The fourth-order valence-corrected chi connectivity index (χ4v) is 1.34. The van der Waals surface area contributed by atoms with Gasteiger partial charge >= 0.3 is 0 Å². The molecule has 0 fully saturated rings. The summed E-state index contributed by atoms with van der Waals surface area (Å²) in [4.78, 5) is 4.25. The Balaban J connectivity index is 2.14. The van der Waals surface area contributed by atoms with E-state index in [9.17, 15) is 0 Å². The second kappa shape index (κ2) is 4.02. The van der Waals surface area contributed by atoms with Crippen molar-refractivity contribution in [2.24, 2.45) is 0 Å². The van der Waals surface area contributed by atoms with Crippen LogP contribution in [0.4, 0.5) is 0 Å². The van der Waals surface area contributed by atoms with E-state index in [0.717, 1.165) is 17.1 Å². The number of hydrogen-bond acceptors (Lipinski definition) is 4. The van der Waals surface area contributed by atoms with Gasteiger partial charge in [0.05, 0.1) is 23.5 Å². The Hall–Kier alpha value is -1.36. The van der Waals surface area contributed by atoms with Crippen molar-refractivity contribution in [2.45, 2.75) is 26.3 Å². The van der Waals surface area contributed by atoms with Gasteiger partial charge in [0, 0.05) is 0 Å². The van der Waals surface area contributed by atoms with Gasteiger partial charge in [-0.05, 0) is 13.8 Å². The number of alkyl halides is 1. The Labute approximate surface area is 92.1 Å². The highest BCUT2D eigenvalue weighted by Gasteiger charge is 2.07. The Kier molecular flexibility index (Phi) is 2.73. The maximum absolute atomic E-state index is 5.62. The predicted octanol–water partition coefficient (Wildman–Crippen LogP) is 1.67. The molecule has 0 saturated carbocycles. The third-order valence-corrected chi connectivity index (χ3v) is 2.37. The molecule has 0 unspecified atom stereocenters. The summed E-state index contributed by atoms with van der Waals surface area (Å²) in [5, 5.41) is 7.78. The summed E-state index contributed by atoms with van der Waals surface area (Å²) in [6, 6.07) is 0. The van der Waals surface area contributed by atoms with E-state index in [4.69, 9.17) is 16.0 Å². The number of oxazole rings is 1. The molecule has 0 aliphatic carbocycles. The van der Waals surface area contributed by atoms with Crippen molar-refractivity contribution in [3.63, 3.8) is 0 Å². The normalized spacial score (nSPS) is 10.9. The Morgan fingerprint density at radius 3 is 2.80 bits per heavy atom. The van der Waals surface area contributed by atoms with E-state index in [0.29, 0.717) is 18.3 Å². The molecule has 0 N–H and O–H groups in total. The second-order valence-corrected chi connectivity index (χ2v) is 3.56. The SMILES string of the molecule is Cc1nc(Cn2cc(CCl)nn2)oc1C. The molecule has 2 aromatic heterocycles. The molecule has 0 saturated heterocycles. The molecule has 80 valence electrons. The molecule has 2 heterocycles. The van der Waals surface area contributed by atoms with E-state index in [1.54, 1.807) is 10.9 Å². The lowest BCUT2D eigenvalue weighted by molar-refractivity contribution is 0.442. The van der Waals surface area contributed by atoms with Crippen molar-refractivity contribution in [1.82, 2.24) is 20.0 Å². The van der Waals surface area contributed by atoms with Crippen LogP contribution >= 0.6 is 11.6 Å². The molecule has 0 radical (unpaired) electrons. The zero-order valence-corrected chi connectivity index (χ0v) is 9.32. The predicted molar refractivity (Wildman–Crippen MR) is 54.7 cm³/mol. The fraction of sp³-hybridized carbons (Fsp3) is 0.444. The van der Waals surface area contributed by atoms with Gasteiger partial charge in [-0.3, -0.25) is 0 Å². The van der Waals surface area contributed by atoms with E-state index >= 15 is 0 Å². The molecular weight excluding hydrogens is 216 g/mol. The summed E-state index contributed by atoms with van der Waals surface area (Å²) in [7, 11) is 0. The summed E-state index contributed by atoms with van der Waals surface area (Å²) in [5.74, 6) is 1.84. The summed E-state index contributed by atoms with van der Waals surface area (Å²) in [6.07, 6.45) is 1.78. The average molecular weight is 227 g/mol. The summed E-state index contributed by atoms with van der Waals surface area (Å²) >= 11 is 5.62. The van der Waals surface area contributed by atoms with Crippen LogP contribution in [0.15, 0.2) is 10.6 Å². The molecule has 0 amide bonds. The maximum Gasteiger partial charge on any atom is 0.216 e. The van der Waals surface area contributed by atoms with E-state index in [-0.39, 0.29) is 0 Å². The molecular formula is C9H11ClN4O. The Morgan fingerprint density at radius 2 is 2.27 bits per heavy atom. The summed E-state index contributed by atoms with van der Waals surface area (Å²) in [6.45, 7) is 4.28. The lowest BCUT2D eigenvalue weighted by Crippen LogP contribution is -2.00. The molecule has 0 bridgehead atoms. The minimum atomic E-state index is 0.365. The van der Waals surface area contributed by atoms with Crippen LogP contribution in [0.1, 0.15) is 23.0 Å². The first-order chi connectivity index (χ1) is 7.19.